The maximum absolute atomic E-state index is 12.2. The highest BCUT2D eigenvalue weighted by molar-refractivity contribution is 7.89. The van der Waals surface area contributed by atoms with Gasteiger partial charge in [-0.1, -0.05) is 18.2 Å². The van der Waals surface area contributed by atoms with Crippen LogP contribution < -0.4 is 10.9 Å². The highest BCUT2D eigenvalue weighted by atomic mass is 32.2. The maximum Gasteiger partial charge on any atom is 0.338 e. The molecule has 9 nitrogen and oxygen atoms in total. The normalized spacial score (nSPS) is 12.1. The summed E-state index contributed by atoms with van der Waals surface area (Å²) in [7, 11) is -0.823. The Morgan fingerprint density at radius 2 is 1.48 bits per heavy atom. The first-order chi connectivity index (χ1) is 13.6. The van der Waals surface area contributed by atoms with Crippen molar-refractivity contribution >= 4 is 27.8 Å². The second-order valence-electron chi connectivity index (χ2n) is 6.17. The molecule has 2 amide bonds. The molecule has 154 valence electrons. The summed E-state index contributed by atoms with van der Waals surface area (Å²) < 4.78 is 30.2. The van der Waals surface area contributed by atoms with Crippen LogP contribution in [0.15, 0.2) is 59.5 Å². The van der Waals surface area contributed by atoms with Crippen LogP contribution in [-0.4, -0.2) is 50.7 Å². The van der Waals surface area contributed by atoms with Gasteiger partial charge in [0.15, 0.2) is 6.10 Å². The van der Waals surface area contributed by atoms with Gasteiger partial charge in [0.2, 0.25) is 10.0 Å². The van der Waals surface area contributed by atoms with E-state index in [2.05, 4.69) is 10.9 Å². The van der Waals surface area contributed by atoms with Crippen molar-refractivity contribution in [1.29, 1.82) is 0 Å². The monoisotopic (exact) mass is 419 g/mol. The number of nitrogens with one attached hydrogen (secondary N) is 2. The molecule has 2 N–H and O–H groups in total. The number of rotatable bonds is 6. The Morgan fingerprint density at radius 1 is 0.897 bits per heavy atom. The fourth-order valence-electron chi connectivity index (χ4n) is 2.14. The lowest BCUT2D eigenvalue weighted by atomic mass is 10.2. The molecular formula is C19H21N3O6S. The summed E-state index contributed by atoms with van der Waals surface area (Å²) in [5, 5.41) is 0. The van der Waals surface area contributed by atoms with Crippen LogP contribution in [0.4, 0.5) is 0 Å². The van der Waals surface area contributed by atoms with Crippen molar-refractivity contribution in [2.75, 3.05) is 14.1 Å². The summed E-state index contributed by atoms with van der Waals surface area (Å²) in [5.74, 6) is -2.06. The molecule has 1 atom stereocenters. The second kappa shape index (κ2) is 9.30. The van der Waals surface area contributed by atoms with E-state index >= 15 is 0 Å². The Hall–Kier alpha value is -3.24. The van der Waals surface area contributed by atoms with Crippen molar-refractivity contribution in [3.05, 3.63) is 65.7 Å². The molecule has 0 radical (unpaired) electrons. The quantitative estimate of drug-likeness (QED) is 0.531. The van der Waals surface area contributed by atoms with Crippen molar-refractivity contribution in [2.45, 2.75) is 17.9 Å². The molecule has 0 aromatic heterocycles. The predicted octanol–water partition coefficient (Wildman–Crippen LogP) is 0.943. The minimum atomic E-state index is -3.62. The third kappa shape index (κ3) is 5.62. The van der Waals surface area contributed by atoms with Gasteiger partial charge in [0.05, 0.1) is 10.5 Å². The van der Waals surface area contributed by atoms with E-state index in [4.69, 9.17) is 4.74 Å². The van der Waals surface area contributed by atoms with E-state index in [1.165, 1.54) is 45.3 Å². The van der Waals surface area contributed by atoms with Gasteiger partial charge < -0.3 is 4.74 Å². The number of hydrogen-bond donors (Lipinski definition) is 2. The third-order valence-electron chi connectivity index (χ3n) is 3.86. The zero-order valence-electron chi connectivity index (χ0n) is 16.1. The summed E-state index contributed by atoms with van der Waals surface area (Å²) in [6.07, 6.45) is -1.19. The zero-order chi connectivity index (χ0) is 21.6. The SMILES string of the molecule is C[C@H](OC(=O)c1ccc(S(=O)(=O)N(C)C)cc1)C(=O)NNC(=O)c1ccccc1. The van der Waals surface area contributed by atoms with Gasteiger partial charge in [0, 0.05) is 19.7 Å². The van der Waals surface area contributed by atoms with Gasteiger partial charge in [0.25, 0.3) is 11.8 Å². The van der Waals surface area contributed by atoms with E-state index in [1.807, 2.05) is 0 Å². The van der Waals surface area contributed by atoms with E-state index < -0.39 is 33.9 Å². The summed E-state index contributed by atoms with van der Waals surface area (Å²) in [5.41, 5.74) is 4.84. The topological polar surface area (TPSA) is 122 Å². The molecule has 0 bridgehead atoms. The van der Waals surface area contributed by atoms with Crippen LogP contribution in [0.1, 0.15) is 27.6 Å². The molecule has 0 aliphatic carbocycles. The molecule has 0 aliphatic heterocycles. The fraction of sp³-hybridized carbons (Fsp3) is 0.211. The minimum Gasteiger partial charge on any atom is -0.449 e. The van der Waals surface area contributed by atoms with Crippen LogP contribution in [-0.2, 0) is 19.6 Å². The van der Waals surface area contributed by atoms with E-state index in [-0.39, 0.29) is 10.5 Å². The Kier molecular flexibility index (Phi) is 7.08. The smallest absolute Gasteiger partial charge is 0.338 e. The van der Waals surface area contributed by atoms with E-state index in [9.17, 15) is 22.8 Å². The fourth-order valence-corrected chi connectivity index (χ4v) is 3.04. The summed E-state index contributed by atoms with van der Waals surface area (Å²) in [4.78, 5) is 36.1. The highest BCUT2D eigenvalue weighted by Crippen LogP contribution is 2.15. The number of carbonyl (C=O) groups excluding carboxylic acids is 3. The number of sulfonamides is 1. The lowest BCUT2D eigenvalue weighted by Crippen LogP contribution is -2.46. The van der Waals surface area contributed by atoms with Crippen LogP contribution in [0.5, 0.6) is 0 Å². The molecule has 0 saturated heterocycles. The molecule has 0 unspecified atom stereocenters. The van der Waals surface area contributed by atoms with Crippen LogP contribution >= 0.6 is 0 Å². The van der Waals surface area contributed by atoms with Gasteiger partial charge in [-0.15, -0.1) is 0 Å². The predicted molar refractivity (Wildman–Crippen MR) is 104 cm³/mol. The van der Waals surface area contributed by atoms with Gasteiger partial charge in [-0.05, 0) is 43.3 Å². The average Bonchev–Trinajstić information content (AvgIpc) is 2.72. The van der Waals surface area contributed by atoms with Crippen LogP contribution in [0, 0.1) is 0 Å². The molecule has 10 heteroatoms. The van der Waals surface area contributed by atoms with Crippen LogP contribution in [0.2, 0.25) is 0 Å². The third-order valence-corrected chi connectivity index (χ3v) is 5.69. The largest absolute Gasteiger partial charge is 0.449 e. The Labute approximate surface area is 168 Å². The van der Waals surface area contributed by atoms with Crippen LogP contribution in [0.25, 0.3) is 0 Å². The van der Waals surface area contributed by atoms with Crippen LogP contribution in [0.3, 0.4) is 0 Å². The van der Waals surface area contributed by atoms with Crippen molar-refractivity contribution in [3.8, 4) is 0 Å². The average molecular weight is 419 g/mol. The number of hydrogen-bond acceptors (Lipinski definition) is 6. The lowest BCUT2D eigenvalue weighted by molar-refractivity contribution is -0.129. The summed E-state index contributed by atoms with van der Waals surface area (Å²) in [6, 6.07) is 13.4. The standard InChI is InChI=1S/C19H21N3O6S/c1-13(17(23)20-21-18(24)14-7-5-4-6-8-14)28-19(25)15-9-11-16(12-10-15)29(26,27)22(2)3/h4-13H,1-3H3,(H,20,23)(H,21,24)/t13-/m0/s1. The Bertz CT molecular complexity index is 988. The van der Waals surface area contributed by atoms with E-state index in [1.54, 1.807) is 30.3 Å². The van der Waals surface area contributed by atoms with Gasteiger partial charge in [-0.25, -0.2) is 17.5 Å². The van der Waals surface area contributed by atoms with Gasteiger partial charge >= 0.3 is 5.97 Å². The number of nitrogens with zero attached hydrogens (tertiary/aromatic N) is 1. The molecule has 0 spiro atoms. The molecule has 0 heterocycles. The van der Waals surface area contributed by atoms with Gasteiger partial charge in [-0.2, -0.15) is 0 Å². The number of amides is 2. The number of benzene rings is 2. The first kappa shape index (κ1) is 22.1. The number of hydrazine groups is 1. The molecule has 0 aliphatic rings. The lowest BCUT2D eigenvalue weighted by Gasteiger charge is -2.15. The molecule has 2 rings (SSSR count). The summed E-state index contributed by atoms with van der Waals surface area (Å²) >= 11 is 0. The molecular weight excluding hydrogens is 398 g/mol. The molecule has 2 aromatic rings. The van der Waals surface area contributed by atoms with Crippen molar-refractivity contribution in [3.63, 3.8) is 0 Å². The van der Waals surface area contributed by atoms with Crippen molar-refractivity contribution < 1.29 is 27.5 Å². The zero-order valence-corrected chi connectivity index (χ0v) is 16.9. The van der Waals surface area contributed by atoms with E-state index in [0.717, 1.165) is 4.31 Å². The number of esters is 1. The van der Waals surface area contributed by atoms with Gasteiger partial charge in [0.1, 0.15) is 0 Å². The Balaban J connectivity index is 1.92. The Morgan fingerprint density at radius 3 is 2.03 bits per heavy atom. The van der Waals surface area contributed by atoms with E-state index in [0.29, 0.717) is 5.56 Å². The molecule has 0 fully saturated rings. The highest BCUT2D eigenvalue weighted by Gasteiger charge is 2.21. The molecule has 29 heavy (non-hydrogen) atoms. The number of ether oxygens (including phenoxy) is 1. The minimum absolute atomic E-state index is 0.0217. The van der Waals surface area contributed by atoms with Crippen molar-refractivity contribution in [2.24, 2.45) is 0 Å². The molecule has 0 saturated carbocycles. The first-order valence-corrected chi connectivity index (χ1v) is 9.95. The number of carbonyl (C=O) groups is 3. The summed E-state index contributed by atoms with van der Waals surface area (Å²) in [6.45, 7) is 1.34. The molecule has 2 aromatic carbocycles. The first-order valence-electron chi connectivity index (χ1n) is 8.51. The second-order valence-corrected chi connectivity index (χ2v) is 8.32. The van der Waals surface area contributed by atoms with Gasteiger partial charge in [-0.3, -0.25) is 20.4 Å². The maximum atomic E-state index is 12.2. The van der Waals surface area contributed by atoms with Crippen molar-refractivity contribution in [1.82, 2.24) is 15.2 Å².